The van der Waals surface area contributed by atoms with Gasteiger partial charge in [0.25, 0.3) is 5.91 Å². The van der Waals surface area contributed by atoms with Crippen molar-refractivity contribution in [2.24, 2.45) is 5.92 Å². The zero-order valence-corrected chi connectivity index (χ0v) is 18.1. The predicted molar refractivity (Wildman–Crippen MR) is 114 cm³/mol. The van der Waals surface area contributed by atoms with Crippen LogP contribution >= 0.6 is 0 Å². The average molecular weight is 416 g/mol. The molecule has 1 aromatic carbocycles. The highest BCUT2D eigenvalue weighted by Crippen LogP contribution is 2.19. The molecule has 0 aromatic heterocycles. The molecule has 0 radical (unpaired) electrons. The third-order valence-corrected chi connectivity index (χ3v) is 5.97. The third kappa shape index (κ3) is 5.81. The minimum Gasteiger partial charge on any atom is -0.466 e. The molecule has 7 nitrogen and oxygen atoms in total. The van der Waals surface area contributed by atoms with Crippen LogP contribution in [0, 0.1) is 5.92 Å². The largest absolute Gasteiger partial charge is 0.466 e. The lowest BCUT2D eigenvalue weighted by molar-refractivity contribution is -0.151. The number of ether oxygens (including phenoxy) is 1. The van der Waals surface area contributed by atoms with E-state index in [1.807, 2.05) is 24.3 Å². The number of carbonyl (C=O) groups is 3. The molecule has 2 heterocycles. The van der Waals surface area contributed by atoms with Gasteiger partial charge in [0, 0.05) is 32.2 Å². The van der Waals surface area contributed by atoms with Crippen molar-refractivity contribution in [3.05, 3.63) is 35.4 Å². The molecule has 0 aliphatic carbocycles. The van der Waals surface area contributed by atoms with Gasteiger partial charge in [-0.15, -0.1) is 0 Å². The molecule has 0 unspecified atom stereocenters. The lowest BCUT2D eigenvalue weighted by Crippen LogP contribution is -2.45. The molecule has 0 N–H and O–H groups in total. The number of hydrogen-bond acceptors (Lipinski definition) is 5. The van der Waals surface area contributed by atoms with Crippen LogP contribution in [-0.4, -0.2) is 78.9 Å². The highest BCUT2D eigenvalue weighted by molar-refractivity contribution is 5.96. The van der Waals surface area contributed by atoms with Crippen molar-refractivity contribution in [1.29, 1.82) is 0 Å². The molecule has 2 aliphatic heterocycles. The van der Waals surface area contributed by atoms with Crippen LogP contribution in [0.25, 0.3) is 0 Å². The second-order valence-electron chi connectivity index (χ2n) is 8.25. The van der Waals surface area contributed by atoms with Crippen molar-refractivity contribution >= 4 is 17.8 Å². The number of esters is 1. The van der Waals surface area contributed by atoms with Crippen LogP contribution < -0.4 is 0 Å². The molecule has 0 spiro atoms. The van der Waals surface area contributed by atoms with E-state index in [2.05, 4.69) is 4.90 Å². The summed E-state index contributed by atoms with van der Waals surface area (Å²) in [5, 5.41) is 0. The van der Waals surface area contributed by atoms with Crippen molar-refractivity contribution in [3.8, 4) is 0 Å². The Morgan fingerprint density at radius 2 is 1.80 bits per heavy atom. The van der Waals surface area contributed by atoms with Gasteiger partial charge in [-0.3, -0.25) is 19.3 Å². The summed E-state index contributed by atoms with van der Waals surface area (Å²) >= 11 is 0. The first-order valence-corrected chi connectivity index (χ1v) is 11.0. The average Bonchev–Trinajstić information content (AvgIpc) is 3.26. The van der Waals surface area contributed by atoms with Gasteiger partial charge >= 0.3 is 5.97 Å². The standard InChI is InChI=1S/C23H33N3O4/c1-3-30-23(29)19-9-13-26(14-10-19)21(27)17-24(2)22(28)20-8-6-7-18(15-20)16-25-11-4-5-12-25/h6-8,15,19H,3-5,9-14,16-17H2,1-2H3. The summed E-state index contributed by atoms with van der Waals surface area (Å²) in [4.78, 5) is 43.0. The topological polar surface area (TPSA) is 70.2 Å². The number of benzene rings is 1. The van der Waals surface area contributed by atoms with Gasteiger partial charge in [-0.05, 0) is 63.4 Å². The van der Waals surface area contributed by atoms with Crippen molar-refractivity contribution < 1.29 is 19.1 Å². The van der Waals surface area contributed by atoms with Crippen LogP contribution in [0.15, 0.2) is 24.3 Å². The highest BCUT2D eigenvalue weighted by atomic mass is 16.5. The van der Waals surface area contributed by atoms with E-state index in [9.17, 15) is 14.4 Å². The maximum Gasteiger partial charge on any atom is 0.309 e. The van der Waals surface area contributed by atoms with Crippen molar-refractivity contribution in [1.82, 2.24) is 14.7 Å². The summed E-state index contributed by atoms with van der Waals surface area (Å²) in [6, 6.07) is 7.70. The van der Waals surface area contributed by atoms with E-state index in [-0.39, 0.29) is 30.2 Å². The Bertz CT molecular complexity index is 753. The van der Waals surface area contributed by atoms with Gasteiger partial charge in [-0.1, -0.05) is 12.1 Å². The quantitative estimate of drug-likeness (QED) is 0.639. The number of carbonyl (C=O) groups excluding carboxylic acids is 3. The van der Waals surface area contributed by atoms with E-state index in [4.69, 9.17) is 4.74 Å². The SMILES string of the molecule is CCOC(=O)C1CCN(C(=O)CN(C)C(=O)c2cccc(CN3CCCC3)c2)CC1. The van der Waals surface area contributed by atoms with Crippen molar-refractivity contribution in [2.45, 2.75) is 39.2 Å². The Labute approximate surface area is 179 Å². The second kappa shape index (κ2) is 10.6. The molecule has 0 atom stereocenters. The van der Waals surface area contributed by atoms with Crippen molar-refractivity contribution in [2.75, 3.05) is 46.4 Å². The van der Waals surface area contributed by atoms with E-state index in [0.29, 0.717) is 38.1 Å². The summed E-state index contributed by atoms with van der Waals surface area (Å²) in [6.07, 6.45) is 3.70. The first-order chi connectivity index (χ1) is 14.5. The van der Waals surface area contributed by atoms with Crippen LogP contribution in [0.4, 0.5) is 0 Å². The van der Waals surface area contributed by atoms with Crippen LogP contribution in [0.3, 0.4) is 0 Å². The van der Waals surface area contributed by atoms with E-state index in [1.54, 1.807) is 18.9 Å². The fourth-order valence-electron chi connectivity index (χ4n) is 4.22. The Hall–Kier alpha value is -2.41. The predicted octanol–water partition coefficient (Wildman–Crippen LogP) is 2.16. The first-order valence-electron chi connectivity index (χ1n) is 11.0. The molecule has 2 saturated heterocycles. The molecule has 30 heavy (non-hydrogen) atoms. The van der Waals surface area contributed by atoms with Gasteiger partial charge in [0.1, 0.15) is 0 Å². The molecule has 0 saturated carbocycles. The van der Waals surface area contributed by atoms with Gasteiger partial charge in [0.2, 0.25) is 5.91 Å². The maximum atomic E-state index is 12.8. The summed E-state index contributed by atoms with van der Waals surface area (Å²) < 4.78 is 5.08. The number of piperidine rings is 1. The van der Waals surface area contributed by atoms with Crippen molar-refractivity contribution in [3.63, 3.8) is 0 Å². The Balaban J connectivity index is 1.50. The van der Waals surface area contributed by atoms with Gasteiger partial charge < -0.3 is 14.5 Å². The molecule has 3 rings (SSSR count). The van der Waals surface area contributed by atoms with Gasteiger partial charge in [-0.25, -0.2) is 0 Å². The van der Waals surface area contributed by atoms with Crippen LogP contribution in [-0.2, 0) is 20.9 Å². The molecule has 7 heteroatoms. The number of likely N-dealkylation sites (tertiary alicyclic amines) is 2. The molecular formula is C23H33N3O4. The van der Waals surface area contributed by atoms with Gasteiger partial charge in [0.15, 0.2) is 0 Å². The molecular weight excluding hydrogens is 382 g/mol. The zero-order chi connectivity index (χ0) is 21.5. The molecule has 2 fully saturated rings. The summed E-state index contributed by atoms with van der Waals surface area (Å²) in [5.74, 6) is -0.535. The minimum atomic E-state index is -0.175. The van der Waals surface area contributed by atoms with Crippen LogP contribution in [0.2, 0.25) is 0 Å². The smallest absolute Gasteiger partial charge is 0.309 e. The molecule has 0 bridgehead atoms. The monoisotopic (exact) mass is 415 g/mol. The number of nitrogens with zero attached hydrogens (tertiary/aromatic N) is 3. The fraction of sp³-hybridized carbons (Fsp3) is 0.609. The second-order valence-corrected chi connectivity index (χ2v) is 8.25. The number of amides is 2. The third-order valence-electron chi connectivity index (χ3n) is 5.97. The van der Waals surface area contributed by atoms with Crippen LogP contribution in [0.1, 0.15) is 48.5 Å². The molecule has 164 valence electrons. The lowest BCUT2D eigenvalue weighted by atomic mass is 9.97. The fourth-order valence-corrected chi connectivity index (χ4v) is 4.22. The first kappa shape index (κ1) is 22.3. The van der Waals surface area contributed by atoms with Gasteiger partial charge in [-0.2, -0.15) is 0 Å². The van der Waals surface area contributed by atoms with E-state index in [0.717, 1.165) is 25.2 Å². The summed E-state index contributed by atoms with van der Waals surface area (Å²) in [7, 11) is 1.67. The Morgan fingerprint density at radius 3 is 2.47 bits per heavy atom. The maximum absolute atomic E-state index is 12.8. The molecule has 1 aromatic rings. The zero-order valence-electron chi connectivity index (χ0n) is 18.1. The molecule has 2 aliphatic rings. The highest BCUT2D eigenvalue weighted by Gasteiger charge is 2.29. The number of rotatable bonds is 7. The van der Waals surface area contributed by atoms with Crippen LogP contribution in [0.5, 0.6) is 0 Å². The summed E-state index contributed by atoms with van der Waals surface area (Å²) in [6.45, 7) is 6.35. The Kier molecular flexibility index (Phi) is 7.85. The van der Waals surface area contributed by atoms with E-state index in [1.165, 1.54) is 17.7 Å². The number of hydrogen-bond donors (Lipinski definition) is 0. The summed E-state index contributed by atoms with van der Waals surface area (Å²) in [5.41, 5.74) is 1.74. The van der Waals surface area contributed by atoms with E-state index >= 15 is 0 Å². The Morgan fingerprint density at radius 1 is 1.10 bits per heavy atom. The molecule has 2 amide bonds. The normalized spacial score (nSPS) is 17.7. The van der Waals surface area contributed by atoms with Gasteiger partial charge in [0.05, 0.1) is 19.1 Å². The number of likely N-dealkylation sites (N-methyl/N-ethyl adjacent to an activating group) is 1. The lowest BCUT2D eigenvalue weighted by Gasteiger charge is -2.32. The minimum absolute atomic E-state index is 0.0409. The van der Waals surface area contributed by atoms with E-state index < -0.39 is 0 Å².